The molecule has 3 aromatic rings. The Morgan fingerprint density at radius 2 is 1.61 bits per heavy atom. The summed E-state index contributed by atoms with van der Waals surface area (Å²) in [4.78, 5) is 13.4. The van der Waals surface area contributed by atoms with Crippen LogP contribution in [0.25, 0.3) is 10.8 Å². The van der Waals surface area contributed by atoms with Crippen molar-refractivity contribution in [2.75, 3.05) is 5.32 Å². The molecule has 1 aliphatic carbocycles. The molecule has 0 fully saturated rings. The van der Waals surface area contributed by atoms with E-state index in [0.717, 1.165) is 23.4 Å². The van der Waals surface area contributed by atoms with Crippen molar-refractivity contribution in [2.45, 2.75) is 58.8 Å². The van der Waals surface area contributed by atoms with E-state index in [1.807, 2.05) is 0 Å². The lowest BCUT2D eigenvalue weighted by molar-refractivity contribution is -0.118. The van der Waals surface area contributed by atoms with Gasteiger partial charge in [0.05, 0.1) is 5.69 Å². The number of fused-ring (bicyclic) bond motifs is 3. The molecule has 0 saturated heterocycles. The predicted octanol–water partition coefficient (Wildman–Crippen LogP) is 7.34. The first-order valence-corrected chi connectivity index (χ1v) is 11.3. The number of benzene rings is 3. The third-order valence-electron chi connectivity index (χ3n) is 6.87. The monoisotopic (exact) mass is 409 g/mol. The largest absolute Gasteiger partial charge is 0.358 e. The Balaban J connectivity index is 1.74. The van der Waals surface area contributed by atoms with E-state index < -0.39 is 0 Å². The molecule has 31 heavy (non-hydrogen) atoms. The number of nitrogens with one attached hydrogen (secondary N) is 1. The molecule has 1 atom stereocenters. The van der Waals surface area contributed by atoms with Crippen molar-refractivity contribution in [3.63, 3.8) is 0 Å². The van der Waals surface area contributed by atoms with Crippen LogP contribution in [0.1, 0.15) is 70.1 Å². The van der Waals surface area contributed by atoms with Crippen molar-refractivity contribution in [3.05, 3.63) is 88.6 Å². The molecule has 2 nitrogen and oxygen atoms in total. The summed E-state index contributed by atoms with van der Waals surface area (Å²) in [5, 5.41) is 6.17. The minimum absolute atomic E-state index is 0.0199. The van der Waals surface area contributed by atoms with Crippen molar-refractivity contribution in [3.8, 4) is 0 Å². The average Bonchev–Trinajstić information content (AvgIpc) is 2.71. The van der Waals surface area contributed by atoms with E-state index in [-0.39, 0.29) is 22.5 Å². The van der Waals surface area contributed by atoms with Gasteiger partial charge in [-0.3, -0.25) is 4.79 Å². The van der Waals surface area contributed by atoms with Crippen LogP contribution in [0.5, 0.6) is 0 Å². The van der Waals surface area contributed by atoms with Crippen LogP contribution >= 0.6 is 0 Å². The van der Waals surface area contributed by atoms with E-state index in [9.17, 15) is 4.79 Å². The lowest BCUT2D eigenvalue weighted by Gasteiger charge is -2.40. The summed E-state index contributed by atoms with van der Waals surface area (Å²) in [6, 6.07) is 21.8. The summed E-state index contributed by atoms with van der Waals surface area (Å²) in [7, 11) is 0. The Labute approximate surface area is 185 Å². The number of allylic oxidation sites excluding steroid dienone is 2. The van der Waals surface area contributed by atoms with E-state index in [4.69, 9.17) is 0 Å². The molecule has 0 radical (unpaired) electrons. The maximum Gasteiger partial charge on any atom is 0.162 e. The number of anilines is 1. The van der Waals surface area contributed by atoms with Crippen molar-refractivity contribution < 1.29 is 4.79 Å². The maximum absolute atomic E-state index is 13.4. The van der Waals surface area contributed by atoms with Gasteiger partial charge in [-0.15, -0.1) is 0 Å². The molecule has 0 saturated carbocycles. The Kier molecular flexibility index (Phi) is 4.41. The molecule has 0 bridgehead atoms. The number of Topliss-reactive ketones (excluding diaryl/α,β-unsaturated/α-hetero) is 1. The molecule has 1 aliphatic heterocycles. The quantitative estimate of drug-likeness (QED) is 0.455. The molecule has 2 heteroatoms. The first-order chi connectivity index (χ1) is 14.6. The second-order valence-corrected chi connectivity index (χ2v) is 11.0. The van der Waals surface area contributed by atoms with Gasteiger partial charge in [-0.05, 0) is 39.3 Å². The van der Waals surface area contributed by atoms with Crippen molar-refractivity contribution in [1.29, 1.82) is 0 Å². The smallest absolute Gasteiger partial charge is 0.162 e. The van der Waals surface area contributed by atoms with Crippen LogP contribution in [-0.4, -0.2) is 5.78 Å². The molecule has 1 N–H and O–H groups in total. The minimum Gasteiger partial charge on any atom is -0.358 e. The van der Waals surface area contributed by atoms with E-state index in [2.05, 4.69) is 101 Å². The van der Waals surface area contributed by atoms with Gasteiger partial charge in [0, 0.05) is 29.0 Å². The highest BCUT2D eigenvalue weighted by Gasteiger charge is 2.41. The van der Waals surface area contributed by atoms with Crippen molar-refractivity contribution in [2.24, 2.45) is 5.41 Å². The van der Waals surface area contributed by atoms with E-state index in [1.54, 1.807) is 0 Å². The zero-order valence-electron chi connectivity index (χ0n) is 19.2. The fourth-order valence-corrected chi connectivity index (χ4v) is 5.28. The lowest BCUT2D eigenvalue weighted by Crippen LogP contribution is -2.33. The summed E-state index contributed by atoms with van der Waals surface area (Å²) in [6.45, 7) is 11.1. The molecule has 3 aromatic carbocycles. The highest BCUT2D eigenvalue weighted by molar-refractivity contribution is 6.05. The highest BCUT2D eigenvalue weighted by atomic mass is 16.1. The van der Waals surface area contributed by atoms with Gasteiger partial charge in [0.25, 0.3) is 0 Å². The summed E-state index contributed by atoms with van der Waals surface area (Å²) in [6.07, 6.45) is 1.50. The molecule has 0 amide bonds. The normalized spacial score (nSPS) is 20.3. The Hall–Kier alpha value is -2.87. The third-order valence-corrected chi connectivity index (χ3v) is 6.87. The molecule has 0 spiro atoms. The number of ketones is 1. The van der Waals surface area contributed by atoms with Gasteiger partial charge < -0.3 is 5.32 Å². The van der Waals surface area contributed by atoms with Gasteiger partial charge in [0.15, 0.2) is 5.78 Å². The van der Waals surface area contributed by atoms with Gasteiger partial charge in [-0.2, -0.15) is 0 Å². The minimum atomic E-state index is -0.0222. The Morgan fingerprint density at radius 1 is 0.903 bits per heavy atom. The van der Waals surface area contributed by atoms with Crippen LogP contribution in [0.15, 0.2) is 71.9 Å². The summed E-state index contributed by atoms with van der Waals surface area (Å²) >= 11 is 0. The second kappa shape index (κ2) is 6.82. The van der Waals surface area contributed by atoms with E-state index in [1.165, 1.54) is 27.5 Å². The average molecular weight is 410 g/mol. The van der Waals surface area contributed by atoms with Gasteiger partial charge in [-0.1, -0.05) is 95.3 Å². The standard InChI is InChI=1S/C29H31NO/c1-28(2,3)20-13-10-19(11-14-20)25-22-15-12-18-8-6-7-9-21(18)27(22)30-23-16-29(4,5)17-24(31)26(23)25/h6-15,25,30H,16-17H2,1-5H3/t25-/m0/s1. The zero-order valence-corrected chi connectivity index (χ0v) is 19.2. The summed E-state index contributed by atoms with van der Waals surface area (Å²) in [5.74, 6) is 0.260. The second-order valence-electron chi connectivity index (χ2n) is 11.0. The first-order valence-electron chi connectivity index (χ1n) is 11.3. The fraction of sp³-hybridized carbons (Fsp3) is 0.345. The fourth-order valence-electron chi connectivity index (χ4n) is 5.28. The number of hydrogen-bond donors (Lipinski definition) is 1. The Morgan fingerprint density at radius 3 is 2.32 bits per heavy atom. The first kappa shape index (κ1) is 20.1. The molecule has 2 aliphatic rings. The van der Waals surface area contributed by atoms with Crippen molar-refractivity contribution >= 4 is 22.2 Å². The van der Waals surface area contributed by atoms with Crippen LogP contribution in [0.3, 0.4) is 0 Å². The highest BCUT2D eigenvalue weighted by Crippen LogP contribution is 2.50. The number of rotatable bonds is 1. The van der Waals surface area contributed by atoms with Crippen LogP contribution < -0.4 is 5.32 Å². The molecular weight excluding hydrogens is 378 g/mol. The molecule has 0 aromatic heterocycles. The van der Waals surface area contributed by atoms with E-state index in [0.29, 0.717) is 6.42 Å². The Bertz CT molecular complexity index is 1220. The van der Waals surface area contributed by atoms with Gasteiger partial charge in [0.1, 0.15) is 0 Å². The lowest BCUT2D eigenvalue weighted by atomic mass is 9.68. The van der Waals surface area contributed by atoms with Crippen LogP contribution in [0.2, 0.25) is 0 Å². The summed E-state index contributed by atoms with van der Waals surface area (Å²) < 4.78 is 0. The molecule has 158 valence electrons. The van der Waals surface area contributed by atoms with Gasteiger partial charge >= 0.3 is 0 Å². The third kappa shape index (κ3) is 3.39. The maximum atomic E-state index is 13.4. The summed E-state index contributed by atoms with van der Waals surface area (Å²) in [5.41, 5.74) is 7.03. The van der Waals surface area contributed by atoms with Gasteiger partial charge in [0.2, 0.25) is 0 Å². The molecule has 0 unspecified atom stereocenters. The van der Waals surface area contributed by atoms with Crippen LogP contribution in [0, 0.1) is 5.41 Å². The number of carbonyl (C=O) groups excluding carboxylic acids is 1. The van der Waals surface area contributed by atoms with Crippen LogP contribution in [-0.2, 0) is 10.2 Å². The van der Waals surface area contributed by atoms with Crippen molar-refractivity contribution in [1.82, 2.24) is 0 Å². The number of hydrogen-bond acceptors (Lipinski definition) is 2. The SMILES string of the molecule is CC1(C)CC(=O)C2=C(C1)Nc1c(ccc3ccccc13)[C@@H]2c1ccc(C(C)(C)C)cc1. The van der Waals surface area contributed by atoms with E-state index >= 15 is 0 Å². The van der Waals surface area contributed by atoms with Gasteiger partial charge in [-0.25, -0.2) is 0 Å². The zero-order chi connectivity index (χ0) is 22.0. The topological polar surface area (TPSA) is 29.1 Å². The van der Waals surface area contributed by atoms with Crippen LogP contribution in [0.4, 0.5) is 5.69 Å². The molecule has 1 heterocycles. The molecular formula is C29H31NO. The predicted molar refractivity (Wildman–Crippen MR) is 130 cm³/mol. The number of carbonyl (C=O) groups is 1. The molecule has 5 rings (SSSR count).